The van der Waals surface area contributed by atoms with E-state index in [1.54, 1.807) is 32.5 Å². The molecule has 0 saturated carbocycles. The second-order valence-electron chi connectivity index (χ2n) is 6.62. The van der Waals surface area contributed by atoms with Gasteiger partial charge in [-0.05, 0) is 55.3 Å². The molecule has 3 aromatic rings. The van der Waals surface area contributed by atoms with Gasteiger partial charge in [0.2, 0.25) is 0 Å². The van der Waals surface area contributed by atoms with Crippen LogP contribution in [0.3, 0.4) is 0 Å². The Kier molecular flexibility index (Phi) is 6.68. The lowest BCUT2D eigenvalue weighted by Gasteiger charge is -2.11. The molecule has 0 saturated heterocycles. The van der Waals surface area contributed by atoms with Crippen LogP contribution in [0.4, 0.5) is 11.5 Å². The van der Waals surface area contributed by atoms with Crippen LogP contribution in [0.2, 0.25) is 0 Å². The first kappa shape index (κ1) is 20.2. The summed E-state index contributed by atoms with van der Waals surface area (Å²) in [4.78, 5) is 16.6. The zero-order chi connectivity index (χ0) is 20.6. The standard InChI is InChI=1S/C23H25N3O3/c1-16-5-4-6-18(13-16)23(27)26-22-10-8-19(15-25-22)24-12-11-17-7-9-20(28-2)21(14-17)29-3/h4-10,13-15,24H,11-12H2,1-3H3,(H,25,26,27). The molecule has 0 atom stereocenters. The smallest absolute Gasteiger partial charge is 0.256 e. The van der Waals surface area contributed by atoms with Gasteiger partial charge in [0.25, 0.3) is 5.91 Å². The molecule has 0 aliphatic heterocycles. The lowest BCUT2D eigenvalue weighted by atomic mass is 10.1. The predicted octanol–water partition coefficient (Wildman–Crippen LogP) is 4.31. The average Bonchev–Trinajstić information content (AvgIpc) is 2.74. The number of carbonyl (C=O) groups excluding carboxylic acids is 1. The van der Waals surface area contributed by atoms with Gasteiger partial charge in [0.15, 0.2) is 11.5 Å². The lowest BCUT2D eigenvalue weighted by Crippen LogP contribution is -2.13. The highest BCUT2D eigenvalue weighted by Crippen LogP contribution is 2.27. The molecule has 0 radical (unpaired) electrons. The Hall–Kier alpha value is -3.54. The number of rotatable bonds is 8. The third-order valence-electron chi connectivity index (χ3n) is 4.48. The first-order chi connectivity index (χ1) is 14.1. The maximum Gasteiger partial charge on any atom is 0.256 e. The number of nitrogens with one attached hydrogen (secondary N) is 2. The number of anilines is 2. The van der Waals surface area contributed by atoms with E-state index in [9.17, 15) is 4.79 Å². The minimum Gasteiger partial charge on any atom is -0.493 e. The Balaban J connectivity index is 1.52. The molecule has 0 bridgehead atoms. The number of aromatic nitrogens is 1. The third-order valence-corrected chi connectivity index (χ3v) is 4.48. The topological polar surface area (TPSA) is 72.5 Å². The van der Waals surface area contributed by atoms with Crippen molar-refractivity contribution in [1.29, 1.82) is 0 Å². The van der Waals surface area contributed by atoms with E-state index in [-0.39, 0.29) is 5.91 Å². The number of hydrogen-bond acceptors (Lipinski definition) is 5. The number of amides is 1. The van der Waals surface area contributed by atoms with E-state index in [2.05, 4.69) is 15.6 Å². The van der Waals surface area contributed by atoms with E-state index in [0.29, 0.717) is 11.4 Å². The second kappa shape index (κ2) is 9.59. The van der Waals surface area contributed by atoms with Crippen molar-refractivity contribution in [1.82, 2.24) is 4.98 Å². The molecule has 0 fully saturated rings. The van der Waals surface area contributed by atoms with Gasteiger partial charge in [-0.25, -0.2) is 4.98 Å². The summed E-state index contributed by atoms with van der Waals surface area (Å²) in [6, 6.07) is 17.0. The number of ether oxygens (including phenoxy) is 2. The van der Waals surface area contributed by atoms with Crippen LogP contribution in [0.15, 0.2) is 60.8 Å². The summed E-state index contributed by atoms with van der Waals surface area (Å²) in [5, 5.41) is 6.15. The van der Waals surface area contributed by atoms with Gasteiger partial charge in [0, 0.05) is 12.1 Å². The minimum atomic E-state index is -0.171. The predicted molar refractivity (Wildman–Crippen MR) is 115 cm³/mol. The third kappa shape index (κ3) is 5.48. The molecular formula is C23H25N3O3. The number of benzene rings is 2. The van der Waals surface area contributed by atoms with Crippen molar-refractivity contribution in [3.63, 3.8) is 0 Å². The molecule has 1 heterocycles. The fourth-order valence-corrected chi connectivity index (χ4v) is 2.93. The molecule has 0 aliphatic carbocycles. The molecule has 0 spiro atoms. The minimum absolute atomic E-state index is 0.171. The first-order valence-electron chi connectivity index (χ1n) is 9.38. The summed E-state index contributed by atoms with van der Waals surface area (Å²) in [6.07, 6.45) is 2.53. The van der Waals surface area contributed by atoms with Crippen molar-refractivity contribution in [2.45, 2.75) is 13.3 Å². The van der Waals surface area contributed by atoms with Crippen molar-refractivity contribution >= 4 is 17.4 Å². The lowest BCUT2D eigenvalue weighted by molar-refractivity contribution is 0.102. The number of carbonyl (C=O) groups is 1. The summed E-state index contributed by atoms with van der Waals surface area (Å²) >= 11 is 0. The van der Waals surface area contributed by atoms with Gasteiger partial charge in [-0.3, -0.25) is 4.79 Å². The molecule has 1 aromatic heterocycles. The summed E-state index contributed by atoms with van der Waals surface area (Å²) in [5.41, 5.74) is 3.69. The van der Waals surface area contributed by atoms with Gasteiger partial charge in [0.05, 0.1) is 26.1 Å². The van der Waals surface area contributed by atoms with Crippen molar-refractivity contribution < 1.29 is 14.3 Å². The maximum absolute atomic E-state index is 12.3. The Morgan fingerprint density at radius 3 is 2.52 bits per heavy atom. The summed E-state index contributed by atoms with van der Waals surface area (Å²) in [7, 11) is 3.25. The van der Waals surface area contributed by atoms with Crippen LogP contribution in [0, 0.1) is 6.92 Å². The maximum atomic E-state index is 12.3. The molecule has 150 valence electrons. The molecule has 6 nitrogen and oxygen atoms in total. The molecule has 0 aliphatic rings. The van der Waals surface area contributed by atoms with Crippen molar-refractivity contribution in [2.75, 3.05) is 31.4 Å². The average molecular weight is 391 g/mol. The SMILES string of the molecule is COc1ccc(CCNc2ccc(NC(=O)c3cccc(C)c3)nc2)cc1OC. The summed E-state index contributed by atoms with van der Waals surface area (Å²) < 4.78 is 10.6. The number of aryl methyl sites for hydroxylation is 1. The molecule has 6 heteroatoms. The van der Waals surface area contributed by atoms with Crippen molar-refractivity contribution in [3.05, 3.63) is 77.5 Å². The Labute approximate surface area is 170 Å². The van der Waals surface area contributed by atoms with Gasteiger partial charge < -0.3 is 20.1 Å². The Morgan fingerprint density at radius 2 is 1.83 bits per heavy atom. The van der Waals surface area contributed by atoms with E-state index in [1.165, 1.54) is 0 Å². The van der Waals surface area contributed by atoms with Gasteiger partial charge in [-0.1, -0.05) is 23.8 Å². The molecule has 1 amide bonds. The highest BCUT2D eigenvalue weighted by molar-refractivity contribution is 6.03. The van der Waals surface area contributed by atoms with Crippen LogP contribution >= 0.6 is 0 Å². The molecule has 0 unspecified atom stereocenters. The second-order valence-corrected chi connectivity index (χ2v) is 6.62. The normalized spacial score (nSPS) is 10.3. The quantitative estimate of drug-likeness (QED) is 0.598. The van der Waals surface area contributed by atoms with Gasteiger partial charge in [-0.2, -0.15) is 0 Å². The Bertz CT molecular complexity index is 971. The van der Waals surface area contributed by atoms with Gasteiger partial charge >= 0.3 is 0 Å². The van der Waals surface area contributed by atoms with Crippen molar-refractivity contribution in [2.24, 2.45) is 0 Å². The summed E-state index contributed by atoms with van der Waals surface area (Å²) in [5.74, 6) is 1.79. The zero-order valence-corrected chi connectivity index (χ0v) is 16.9. The fraction of sp³-hybridized carbons (Fsp3) is 0.217. The number of nitrogens with zero attached hydrogens (tertiary/aromatic N) is 1. The zero-order valence-electron chi connectivity index (χ0n) is 16.9. The van der Waals surface area contributed by atoms with E-state index in [1.807, 2.05) is 49.4 Å². The van der Waals surface area contributed by atoms with E-state index in [0.717, 1.165) is 41.3 Å². The Morgan fingerprint density at radius 1 is 1.00 bits per heavy atom. The van der Waals surface area contributed by atoms with Gasteiger partial charge in [0.1, 0.15) is 5.82 Å². The first-order valence-corrected chi connectivity index (χ1v) is 9.38. The van der Waals surface area contributed by atoms with E-state index >= 15 is 0 Å². The highest BCUT2D eigenvalue weighted by Gasteiger charge is 2.07. The molecule has 3 rings (SSSR count). The molecule has 2 N–H and O–H groups in total. The largest absolute Gasteiger partial charge is 0.493 e. The van der Waals surface area contributed by atoms with Crippen LogP contribution in [0.1, 0.15) is 21.5 Å². The van der Waals surface area contributed by atoms with Crippen LogP contribution in [0.25, 0.3) is 0 Å². The van der Waals surface area contributed by atoms with Crippen molar-refractivity contribution in [3.8, 4) is 11.5 Å². The molecule has 29 heavy (non-hydrogen) atoms. The van der Waals surface area contributed by atoms with E-state index in [4.69, 9.17) is 9.47 Å². The van der Waals surface area contributed by atoms with Crippen LogP contribution in [-0.4, -0.2) is 31.7 Å². The summed E-state index contributed by atoms with van der Waals surface area (Å²) in [6.45, 7) is 2.70. The number of methoxy groups -OCH3 is 2. The fourth-order valence-electron chi connectivity index (χ4n) is 2.93. The van der Waals surface area contributed by atoms with Gasteiger partial charge in [-0.15, -0.1) is 0 Å². The van der Waals surface area contributed by atoms with E-state index < -0.39 is 0 Å². The molecular weight excluding hydrogens is 366 g/mol. The van der Waals surface area contributed by atoms with Crippen LogP contribution in [-0.2, 0) is 6.42 Å². The van der Waals surface area contributed by atoms with Crippen LogP contribution < -0.4 is 20.1 Å². The number of pyridine rings is 1. The van der Waals surface area contributed by atoms with Crippen LogP contribution in [0.5, 0.6) is 11.5 Å². The molecule has 2 aromatic carbocycles. The monoisotopic (exact) mass is 391 g/mol. The highest BCUT2D eigenvalue weighted by atomic mass is 16.5. The number of hydrogen-bond donors (Lipinski definition) is 2.